The van der Waals surface area contributed by atoms with Crippen molar-refractivity contribution in [3.8, 4) is 0 Å². The lowest BCUT2D eigenvalue weighted by Gasteiger charge is -2.29. The molecule has 0 aromatic heterocycles. The van der Waals surface area contributed by atoms with E-state index in [-0.39, 0.29) is 6.23 Å². The van der Waals surface area contributed by atoms with Crippen molar-refractivity contribution in [3.05, 3.63) is 0 Å². The van der Waals surface area contributed by atoms with Crippen LogP contribution in [-0.2, 0) is 9.47 Å². The maximum Gasteiger partial charge on any atom is 0.512 e. The zero-order valence-corrected chi connectivity index (χ0v) is 8.46. The number of ether oxygens (including phenoxy) is 2. The Bertz CT molecular complexity index is 151. The van der Waals surface area contributed by atoms with Gasteiger partial charge in [-0.2, -0.15) is 0 Å². The minimum absolute atomic E-state index is 0.191. The number of rotatable bonds is 3. The Kier molecular flexibility index (Phi) is 4.03. The van der Waals surface area contributed by atoms with E-state index < -0.39 is 6.16 Å². The van der Waals surface area contributed by atoms with Crippen molar-refractivity contribution in [2.45, 2.75) is 20.1 Å². The third-order valence-electron chi connectivity index (χ3n) is 1.62. The van der Waals surface area contributed by atoms with Crippen LogP contribution in [0.3, 0.4) is 0 Å². The number of carbonyl (C=O) groups is 1. The summed E-state index contributed by atoms with van der Waals surface area (Å²) in [4.78, 5) is 10.8. The molecule has 4 heteroatoms. The molecule has 0 spiro atoms. The zero-order chi connectivity index (χ0) is 9.78. The molecule has 0 fully saturated rings. The molecular formula is C8H18NO3+. The molecule has 0 N–H and O–H groups in total. The van der Waals surface area contributed by atoms with Crippen molar-refractivity contribution in [3.63, 3.8) is 0 Å². The monoisotopic (exact) mass is 176 g/mol. The van der Waals surface area contributed by atoms with Gasteiger partial charge in [0.05, 0.1) is 27.7 Å². The highest BCUT2D eigenvalue weighted by Crippen LogP contribution is 2.04. The predicted molar refractivity (Wildman–Crippen MR) is 45.6 cm³/mol. The van der Waals surface area contributed by atoms with Gasteiger partial charge in [-0.25, -0.2) is 4.79 Å². The summed E-state index contributed by atoms with van der Waals surface area (Å²) < 4.78 is 10.2. The molecule has 0 amide bonds. The Morgan fingerprint density at radius 3 is 2.25 bits per heavy atom. The molecule has 0 rings (SSSR count). The fraction of sp³-hybridized carbons (Fsp3) is 0.875. The molecule has 0 aromatic carbocycles. The number of carbonyl (C=O) groups excluding carboxylic acids is 1. The third-order valence-corrected chi connectivity index (χ3v) is 1.62. The molecule has 0 heterocycles. The quantitative estimate of drug-likeness (QED) is 0.368. The molecule has 0 aliphatic carbocycles. The number of quaternary nitrogens is 1. The van der Waals surface area contributed by atoms with Crippen LogP contribution in [-0.4, -0.2) is 44.6 Å². The maximum absolute atomic E-state index is 10.8. The number of nitrogens with zero attached hydrogens (tertiary/aromatic N) is 1. The van der Waals surface area contributed by atoms with Gasteiger partial charge in [0.25, 0.3) is 0 Å². The van der Waals surface area contributed by atoms with E-state index in [0.29, 0.717) is 11.1 Å². The second-order valence-electron chi connectivity index (χ2n) is 3.52. The summed E-state index contributed by atoms with van der Waals surface area (Å²) in [5.74, 6) is 0. The van der Waals surface area contributed by atoms with Crippen LogP contribution in [0, 0.1) is 0 Å². The van der Waals surface area contributed by atoms with Crippen LogP contribution < -0.4 is 0 Å². The minimum atomic E-state index is -0.599. The Morgan fingerprint density at radius 2 is 1.92 bits per heavy atom. The molecule has 0 bridgehead atoms. The fourth-order valence-corrected chi connectivity index (χ4v) is 0.449. The molecule has 0 aliphatic heterocycles. The SMILES string of the molecule is CCOC(=O)OC(C)[N+](C)(C)C. The summed E-state index contributed by atoms with van der Waals surface area (Å²) in [6.45, 7) is 3.93. The molecule has 0 saturated heterocycles. The van der Waals surface area contributed by atoms with Crippen molar-refractivity contribution < 1.29 is 18.8 Å². The molecule has 12 heavy (non-hydrogen) atoms. The molecule has 1 unspecified atom stereocenters. The van der Waals surface area contributed by atoms with E-state index in [9.17, 15) is 4.79 Å². The largest absolute Gasteiger partial charge is 0.512 e. The first-order valence-electron chi connectivity index (χ1n) is 4.02. The molecule has 0 radical (unpaired) electrons. The maximum atomic E-state index is 10.8. The van der Waals surface area contributed by atoms with Crippen molar-refractivity contribution >= 4 is 6.16 Å². The van der Waals surface area contributed by atoms with Gasteiger partial charge in [0.1, 0.15) is 0 Å². The van der Waals surface area contributed by atoms with E-state index in [1.807, 2.05) is 28.1 Å². The minimum Gasteiger partial charge on any atom is -0.434 e. The second kappa shape index (κ2) is 4.30. The standard InChI is InChI=1S/C8H18NO3/c1-6-11-8(10)12-7(2)9(3,4)5/h7H,6H2,1-5H3/q+1. The highest BCUT2D eigenvalue weighted by atomic mass is 16.7. The van der Waals surface area contributed by atoms with E-state index in [2.05, 4.69) is 4.74 Å². The van der Waals surface area contributed by atoms with Crippen molar-refractivity contribution in [2.75, 3.05) is 27.7 Å². The van der Waals surface area contributed by atoms with Crippen LogP contribution in [0.1, 0.15) is 13.8 Å². The molecular weight excluding hydrogens is 158 g/mol. The van der Waals surface area contributed by atoms with Crippen LogP contribution >= 0.6 is 0 Å². The van der Waals surface area contributed by atoms with Crippen LogP contribution in [0.4, 0.5) is 4.79 Å². The Labute approximate surface area is 73.7 Å². The fourth-order valence-electron chi connectivity index (χ4n) is 0.449. The molecule has 1 atom stereocenters. The Balaban J connectivity index is 3.84. The van der Waals surface area contributed by atoms with Gasteiger partial charge in [-0.15, -0.1) is 0 Å². The van der Waals surface area contributed by atoms with Gasteiger partial charge in [0.2, 0.25) is 6.23 Å². The van der Waals surface area contributed by atoms with Crippen molar-refractivity contribution in [1.82, 2.24) is 0 Å². The summed E-state index contributed by atoms with van der Waals surface area (Å²) in [6.07, 6.45) is -0.790. The summed E-state index contributed by atoms with van der Waals surface area (Å²) in [5.41, 5.74) is 0. The van der Waals surface area contributed by atoms with Crippen LogP contribution in [0.2, 0.25) is 0 Å². The topological polar surface area (TPSA) is 35.5 Å². The predicted octanol–water partition coefficient (Wildman–Crippen LogP) is 1.21. The molecule has 72 valence electrons. The molecule has 0 aromatic rings. The molecule has 0 saturated carbocycles. The van der Waals surface area contributed by atoms with E-state index >= 15 is 0 Å². The van der Waals surface area contributed by atoms with E-state index in [0.717, 1.165) is 0 Å². The Morgan fingerprint density at radius 1 is 1.42 bits per heavy atom. The highest BCUT2D eigenvalue weighted by molar-refractivity contribution is 5.59. The normalized spacial score (nSPS) is 13.8. The van der Waals surface area contributed by atoms with Gasteiger partial charge in [-0.3, -0.25) is 4.48 Å². The van der Waals surface area contributed by atoms with Gasteiger partial charge in [-0.05, 0) is 6.92 Å². The molecule has 4 nitrogen and oxygen atoms in total. The van der Waals surface area contributed by atoms with Gasteiger partial charge < -0.3 is 9.47 Å². The smallest absolute Gasteiger partial charge is 0.434 e. The van der Waals surface area contributed by atoms with E-state index in [4.69, 9.17) is 4.74 Å². The van der Waals surface area contributed by atoms with E-state index in [1.165, 1.54) is 0 Å². The first-order chi connectivity index (χ1) is 5.38. The van der Waals surface area contributed by atoms with Crippen molar-refractivity contribution in [2.24, 2.45) is 0 Å². The first kappa shape index (κ1) is 11.2. The zero-order valence-electron chi connectivity index (χ0n) is 8.46. The third kappa shape index (κ3) is 4.18. The lowest BCUT2D eigenvalue weighted by atomic mass is 10.5. The van der Waals surface area contributed by atoms with Crippen LogP contribution in [0.25, 0.3) is 0 Å². The van der Waals surface area contributed by atoms with Gasteiger partial charge >= 0.3 is 6.16 Å². The lowest BCUT2D eigenvalue weighted by Crippen LogP contribution is -2.45. The summed E-state index contributed by atoms with van der Waals surface area (Å²) >= 11 is 0. The average Bonchev–Trinajstić information content (AvgIpc) is 1.85. The van der Waals surface area contributed by atoms with Crippen LogP contribution in [0.15, 0.2) is 0 Å². The Hall–Kier alpha value is -0.770. The molecule has 0 aliphatic rings. The highest BCUT2D eigenvalue weighted by Gasteiger charge is 2.22. The second-order valence-corrected chi connectivity index (χ2v) is 3.52. The number of hydrogen-bond donors (Lipinski definition) is 0. The van der Waals surface area contributed by atoms with Gasteiger partial charge in [0.15, 0.2) is 0 Å². The lowest BCUT2D eigenvalue weighted by molar-refractivity contribution is -0.914. The first-order valence-corrected chi connectivity index (χ1v) is 4.02. The average molecular weight is 176 g/mol. The summed E-state index contributed by atoms with van der Waals surface area (Å²) in [7, 11) is 5.84. The van der Waals surface area contributed by atoms with Gasteiger partial charge in [-0.1, -0.05) is 0 Å². The number of hydrogen-bond acceptors (Lipinski definition) is 3. The van der Waals surface area contributed by atoms with Crippen LogP contribution in [0.5, 0.6) is 0 Å². The summed E-state index contributed by atoms with van der Waals surface area (Å²) in [6, 6.07) is 0. The van der Waals surface area contributed by atoms with Gasteiger partial charge in [0, 0.05) is 6.92 Å². The van der Waals surface area contributed by atoms with E-state index in [1.54, 1.807) is 6.92 Å². The summed E-state index contributed by atoms with van der Waals surface area (Å²) in [5, 5.41) is 0. The van der Waals surface area contributed by atoms with Crippen molar-refractivity contribution in [1.29, 1.82) is 0 Å².